The molecule has 0 aliphatic carbocycles. The third kappa shape index (κ3) is 4.80. The van der Waals surface area contributed by atoms with Crippen molar-refractivity contribution in [3.05, 3.63) is 106 Å². The molecule has 5 rings (SSSR count). The highest BCUT2D eigenvalue weighted by Gasteiger charge is 2.29. The van der Waals surface area contributed by atoms with Crippen LogP contribution < -0.4 is 5.56 Å². The van der Waals surface area contributed by atoms with Crippen LogP contribution in [0.2, 0.25) is 0 Å². The number of halogens is 1. The van der Waals surface area contributed by atoms with Crippen LogP contribution in [0, 0.1) is 5.82 Å². The Morgan fingerprint density at radius 2 is 2.00 bits per heavy atom. The third-order valence-corrected chi connectivity index (χ3v) is 5.90. The normalized spacial score (nSPS) is 15.9. The summed E-state index contributed by atoms with van der Waals surface area (Å²) in [5, 5.41) is 0. The van der Waals surface area contributed by atoms with Gasteiger partial charge in [0.05, 0.1) is 12.1 Å². The standard InChI is InChI=1S/C26H23FN4O3/c27-20-10-4-6-17(12-20)13-21-15-28-25(34-21)19-9-5-11-31(16-19)26(33)22-14-23(32)30-24(29-22)18-7-2-1-3-8-18/h1-4,6-8,10,12,14-15,19H,5,9,11,13,16H2,(H,29,30,32)/t19-/m0/s1. The van der Waals surface area contributed by atoms with Crippen molar-refractivity contribution in [2.24, 2.45) is 0 Å². The van der Waals surface area contributed by atoms with Gasteiger partial charge in [-0.05, 0) is 30.5 Å². The Balaban J connectivity index is 1.31. The van der Waals surface area contributed by atoms with E-state index in [1.165, 1.54) is 18.2 Å². The van der Waals surface area contributed by atoms with Crippen LogP contribution in [0.1, 0.15) is 46.5 Å². The van der Waals surface area contributed by atoms with Gasteiger partial charge in [-0.1, -0.05) is 42.5 Å². The van der Waals surface area contributed by atoms with Crippen molar-refractivity contribution in [1.29, 1.82) is 0 Å². The number of hydrogen-bond acceptors (Lipinski definition) is 5. The Hall–Kier alpha value is -4.07. The summed E-state index contributed by atoms with van der Waals surface area (Å²) in [6.07, 6.45) is 3.72. The lowest BCUT2D eigenvalue weighted by molar-refractivity contribution is 0.0691. The molecule has 0 spiro atoms. The van der Waals surface area contributed by atoms with Crippen molar-refractivity contribution in [2.75, 3.05) is 13.1 Å². The van der Waals surface area contributed by atoms with Crippen LogP contribution in [0.5, 0.6) is 0 Å². The predicted octanol–water partition coefficient (Wildman–Crippen LogP) is 4.17. The van der Waals surface area contributed by atoms with Crippen LogP contribution in [0.25, 0.3) is 11.4 Å². The van der Waals surface area contributed by atoms with Crippen LogP contribution in [-0.2, 0) is 6.42 Å². The Kier molecular flexibility index (Phi) is 6.03. The summed E-state index contributed by atoms with van der Waals surface area (Å²) in [5.74, 6) is 0.928. The maximum Gasteiger partial charge on any atom is 0.272 e. The lowest BCUT2D eigenvalue weighted by atomic mass is 9.97. The molecule has 3 heterocycles. The number of aromatic nitrogens is 3. The quantitative estimate of drug-likeness (QED) is 0.485. The number of hydrogen-bond donors (Lipinski definition) is 1. The molecule has 4 aromatic rings. The summed E-state index contributed by atoms with van der Waals surface area (Å²) in [6, 6.07) is 16.8. The number of rotatable bonds is 5. The second-order valence-corrected chi connectivity index (χ2v) is 8.41. The van der Waals surface area contributed by atoms with Crippen LogP contribution >= 0.6 is 0 Å². The highest BCUT2D eigenvalue weighted by Crippen LogP contribution is 2.28. The molecule has 1 aliphatic heterocycles. The van der Waals surface area contributed by atoms with Gasteiger partial charge in [0.25, 0.3) is 11.5 Å². The molecule has 0 bridgehead atoms. The molecule has 1 fully saturated rings. The molecule has 0 saturated carbocycles. The largest absolute Gasteiger partial charge is 0.445 e. The molecule has 1 N–H and O–H groups in total. The molecule has 1 aliphatic rings. The number of nitrogens with one attached hydrogen (secondary N) is 1. The average molecular weight is 458 g/mol. The molecule has 2 aromatic carbocycles. The second-order valence-electron chi connectivity index (χ2n) is 8.41. The smallest absolute Gasteiger partial charge is 0.272 e. The lowest BCUT2D eigenvalue weighted by Crippen LogP contribution is -2.40. The van der Waals surface area contributed by atoms with Gasteiger partial charge in [-0.25, -0.2) is 14.4 Å². The Labute approximate surface area is 195 Å². The van der Waals surface area contributed by atoms with E-state index in [2.05, 4.69) is 15.0 Å². The van der Waals surface area contributed by atoms with E-state index in [0.29, 0.717) is 37.0 Å². The van der Waals surface area contributed by atoms with Crippen LogP contribution in [-0.4, -0.2) is 38.8 Å². The fraction of sp³-hybridized carbons (Fsp3) is 0.231. The van der Waals surface area contributed by atoms with Crippen molar-refractivity contribution in [2.45, 2.75) is 25.2 Å². The van der Waals surface area contributed by atoms with Gasteiger partial charge >= 0.3 is 0 Å². The SMILES string of the molecule is O=C(c1cc(=O)[nH]c(-c2ccccc2)n1)N1CCC[C@H](c2ncc(Cc3cccc(F)c3)o2)C1. The number of carbonyl (C=O) groups is 1. The second kappa shape index (κ2) is 9.43. The topological polar surface area (TPSA) is 92.1 Å². The van der Waals surface area contributed by atoms with E-state index in [1.54, 1.807) is 17.2 Å². The number of piperidine rings is 1. The molecular formula is C26H23FN4O3. The molecule has 0 radical (unpaired) electrons. The fourth-order valence-electron chi connectivity index (χ4n) is 4.27. The van der Waals surface area contributed by atoms with Gasteiger partial charge in [0.15, 0.2) is 5.89 Å². The molecule has 1 atom stereocenters. The van der Waals surface area contributed by atoms with Crippen molar-refractivity contribution >= 4 is 5.91 Å². The van der Waals surface area contributed by atoms with E-state index in [0.717, 1.165) is 24.0 Å². The number of benzene rings is 2. The zero-order chi connectivity index (χ0) is 23.5. The van der Waals surface area contributed by atoms with Gasteiger partial charge in [-0.2, -0.15) is 0 Å². The first kappa shape index (κ1) is 21.8. The van der Waals surface area contributed by atoms with Crippen LogP contribution in [0.4, 0.5) is 4.39 Å². The number of likely N-dealkylation sites (tertiary alicyclic amines) is 1. The molecule has 0 unspecified atom stereocenters. The molecular weight excluding hydrogens is 435 g/mol. The summed E-state index contributed by atoms with van der Waals surface area (Å²) in [4.78, 5) is 38.7. The third-order valence-electron chi connectivity index (χ3n) is 5.90. The fourth-order valence-corrected chi connectivity index (χ4v) is 4.27. The summed E-state index contributed by atoms with van der Waals surface area (Å²) in [7, 11) is 0. The van der Waals surface area contributed by atoms with E-state index in [4.69, 9.17) is 4.42 Å². The molecule has 1 saturated heterocycles. The van der Waals surface area contributed by atoms with E-state index >= 15 is 0 Å². The van der Waals surface area contributed by atoms with Crippen LogP contribution in [0.15, 0.2) is 76.1 Å². The minimum absolute atomic E-state index is 0.0606. The van der Waals surface area contributed by atoms with E-state index in [-0.39, 0.29) is 28.9 Å². The molecule has 1 amide bonds. The van der Waals surface area contributed by atoms with Gasteiger partial charge < -0.3 is 14.3 Å². The van der Waals surface area contributed by atoms with Gasteiger partial charge in [0.1, 0.15) is 23.1 Å². The van der Waals surface area contributed by atoms with Gasteiger partial charge in [0, 0.05) is 31.1 Å². The van der Waals surface area contributed by atoms with Crippen molar-refractivity contribution in [3.63, 3.8) is 0 Å². The van der Waals surface area contributed by atoms with E-state index in [1.807, 2.05) is 36.4 Å². The minimum Gasteiger partial charge on any atom is -0.445 e. The maximum absolute atomic E-state index is 13.5. The number of nitrogens with zero attached hydrogens (tertiary/aromatic N) is 3. The number of oxazole rings is 1. The zero-order valence-corrected chi connectivity index (χ0v) is 18.4. The van der Waals surface area contributed by atoms with Gasteiger partial charge in [0.2, 0.25) is 0 Å². The number of amides is 1. The Morgan fingerprint density at radius 1 is 1.15 bits per heavy atom. The zero-order valence-electron chi connectivity index (χ0n) is 18.4. The maximum atomic E-state index is 13.5. The summed E-state index contributed by atoms with van der Waals surface area (Å²) in [5.41, 5.74) is 1.28. The van der Waals surface area contributed by atoms with Gasteiger partial charge in [-0.15, -0.1) is 0 Å². The highest BCUT2D eigenvalue weighted by atomic mass is 19.1. The van der Waals surface area contributed by atoms with Crippen molar-refractivity contribution in [3.8, 4) is 11.4 Å². The highest BCUT2D eigenvalue weighted by molar-refractivity contribution is 5.92. The van der Waals surface area contributed by atoms with Crippen molar-refractivity contribution < 1.29 is 13.6 Å². The Bertz CT molecular complexity index is 1370. The molecule has 2 aromatic heterocycles. The van der Waals surface area contributed by atoms with Gasteiger partial charge in [-0.3, -0.25) is 9.59 Å². The van der Waals surface area contributed by atoms with E-state index < -0.39 is 0 Å². The molecule has 34 heavy (non-hydrogen) atoms. The summed E-state index contributed by atoms with van der Waals surface area (Å²) in [6.45, 7) is 0.995. The number of aromatic amines is 1. The predicted molar refractivity (Wildman–Crippen MR) is 124 cm³/mol. The van der Waals surface area contributed by atoms with Crippen molar-refractivity contribution in [1.82, 2.24) is 19.9 Å². The monoisotopic (exact) mass is 458 g/mol. The average Bonchev–Trinajstić information content (AvgIpc) is 3.32. The Morgan fingerprint density at radius 3 is 2.82 bits per heavy atom. The minimum atomic E-state index is -0.375. The summed E-state index contributed by atoms with van der Waals surface area (Å²) < 4.78 is 19.4. The molecule has 172 valence electrons. The first-order valence-electron chi connectivity index (χ1n) is 11.2. The van der Waals surface area contributed by atoms with E-state index in [9.17, 15) is 14.0 Å². The summed E-state index contributed by atoms with van der Waals surface area (Å²) >= 11 is 0. The lowest BCUT2D eigenvalue weighted by Gasteiger charge is -2.31. The first-order valence-corrected chi connectivity index (χ1v) is 11.2. The number of H-pyrrole nitrogens is 1. The number of carbonyl (C=O) groups excluding carboxylic acids is 1. The molecule has 7 nitrogen and oxygen atoms in total. The van der Waals surface area contributed by atoms with Crippen LogP contribution in [0.3, 0.4) is 0 Å². The molecule has 8 heteroatoms. The first-order chi connectivity index (χ1) is 16.5.